The fraction of sp³-hybridized carbons (Fsp3) is 0.316. The third kappa shape index (κ3) is 16.1. The Labute approximate surface area is 523 Å². The number of benzene rings is 7. The Kier molecular flexibility index (Phi) is 22.5. The van der Waals surface area contributed by atoms with Gasteiger partial charge in [0, 0.05) is 40.4 Å². The number of Topliss-reactive ketones (excluding diaryl/α,β-unsaturated/α-hetero) is 2. The number of para-hydroxylation sites is 3. The number of nitrogens with one attached hydrogen (secondary N) is 5. The normalized spacial score (nSPS) is 12.3. The van der Waals surface area contributed by atoms with Gasteiger partial charge in [-0.05, 0) is 123 Å². The number of ketones is 2. The highest BCUT2D eigenvalue weighted by atomic mass is 16.1. The van der Waals surface area contributed by atoms with Crippen molar-refractivity contribution in [2.24, 2.45) is 0 Å². The van der Waals surface area contributed by atoms with Gasteiger partial charge in [0.2, 0.25) is 0 Å². The average Bonchev–Trinajstić information content (AvgIpc) is 2.70. The van der Waals surface area contributed by atoms with E-state index in [0.717, 1.165) is 67.3 Å². The molecular formula is C76H88N10O3. The summed E-state index contributed by atoms with van der Waals surface area (Å²) in [6.45, 7) is 30.1. The average molecular weight is 1190 g/mol. The molecule has 13 nitrogen and oxygen atoms in total. The monoisotopic (exact) mass is 1190 g/mol. The van der Waals surface area contributed by atoms with Crippen LogP contribution in [0.3, 0.4) is 0 Å². The van der Waals surface area contributed by atoms with Crippen molar-refractivity contribution < 1.29 is 9.59 Å². The van der Waals surface area contributed by atoms with E-state index in [-0.39, 0.29) is 11.3 Å². The number of aromatic nitrogens is 10. The second kappa shape index (κ2) is 30.5. The van der Waals surface area contributed by atoms with Crippen LogP contribution in [0.25, 0.3) is 60.9 Å². The Balaban J connectivity index is 0.000000134. The van der Waals surface area contributed by atoms with Gasteiger partial charge >= 0.3 is 0 Å². The van der Waals surface area contributed by atoms with Crippen LogP contribution in [-0.4, -0.2) is 61.9 Å². The fourth-order valence-corrected chi connectivity index (χ4v) is 11.4. The molecule has 2 aliphatic rings. The van der Waals surface area contributed by atoms with Gasteiger partial charge < -0.3 is 15.0 Å². The minimum atomic E-state index is -0.0562. The summed E-state index contributed by atoms with van der Waals surface area (Å²) in [6, 6.07) is 45.0. The summed E-state index contributed by atoms with van der Waals surface area (Å²) in [4.78, 5) is 56.5. The minimum absolute atomic E-state index is 0.0562. The predicted molar refractivity (Wildman–Crippen MR) is 369 cm³/mol. The van der Waals surface area contributed by atoms with E-state index >= 15 is 0 Å². The molecule has 5 N–H and O–H groups in total. The number of allylic oxidation sites excluding steroid dienone is 1. The number of aromatic amines is 5. The molecule has 0 fully saturated rings. The molecule has 14 rings (SSSR count). The largest absolute Gasteiger partial charge is 0.345 e. The molecule has 5 aromatic heterocycles. The summed E-state index contributed by atoms with van der Waals surface area (Å²) in [5.74, 6) is 3.95. The Hall–Kier alpha value is -9.36. The number of aryl methyl sites for hydroxylation is 1. The van der Waals surface area contributed by atoms with Crippen molar-refractivity contribution in [2.45, 2.75) is 158 Å². The molecule has 89 heavy (non-hydrogen) atoms. The molecular weight excluding hydrogens is 1100 g/mol. The zero-order valence-electron chi connectivity index (χ0n) is 54.3. The summed E-state index contributed by atoms with van der Waals surface area (Å²) in [7, 11) is 0. The molecule has 0 unspecified atom stereocenters. The van der Waals surface area contributed by atoms with Gasteiger partial charge in [0.15, 0.2) is 11.6 Å². The molecule has 0 atom stereocenters. The third-order valence-electron chi connectivity index (χ3n) is 16.1. The molecule has 13 heteroatoms. The summed E-state index contributed by atoms with van der Waals surface area (Å²) >= 11 is 0. The fourth-order valence-electron chi connectivity index (χ4n) is 11.4. The lowest BCUT2D eigenvalue weighted by Gasteiger charge is -2.16. The summed E-state index contributed by atoms with van der Waals surface area (Å²) < 4.78 is 0. The first-order valence-corrected chi connectivity index (χ1v) is 31.4. The van der Waals surface area contributed by atoms with Crippen molar-refractivity contribution in [3.05, 3.63) is 236 Å². The van der Waals surface area contributed by atoms with E-state index in [9.17, 15) is 14.4 Å². The van der Waals surface area contributed by atoms with Gasteiger partial charge in [-0.3, -0.25) is 24.6 Å². The van der Waals surface area contributed by atoms with Crippen LogP contribution in [0.5, 0.6) is 0 Å². The second-order valence-corrected chi connectivity index (χ2v) is 24.8. The van der Waals surface area contributed by atoms with Crippen LogP contribution in [0, 0.1) is 0 Å². The number of hydrogen-bond acceptors (Lipinski definition) is 8. The highest BCUT2D eigenvalue weighted by molar-refractivity contribution is 6.04. The number of nitrogens with zero attached hydrogens (tertiary/aromatic N) is 5. The number of fused-ring (bicyclic) bond motifs is 7. The maximum Gasteiger partial charge on any atom is 0.258 e. The SMILES string of the molecule is CC(C)c1[nH]nc2ccccc12.CC(C)c1cccc2[nH]cnc12.CC(C)c1cccc2[nH]cnc12.CC(C)c1cccc2[nH]ncc12.CC(C)c1cccc2c1C(=O)CC2.CC(C)c1cccc2c1C(=O)CC=C2.CC(C)c1cccc2nc[nH]c(=O)c12. The van der Waals surface area contributed by atoms with Gasteiger partial charge in [-0.25, -0.2) is 15.0 Å². The molecule has 0 spiro atoms. The predicted octanol–water partition coefficient (Wildman–Crippen LogP) is 19.1. The number of carbonyl (C=O) groups is 2. The maximum absolute atomic E-state index is 11.8. The lowest BCUT2D eigenvalue weighted by Crippen LogP contribution is -2.09. The van der Waals surface area contributed by atoms with E-state index in [1.807, 2.05) is 85.1 Å². The van der Waals surface area contributed by atoms with Crippen LogP contribution >= 0.6 is 0 Å². The topological polar surface area (TPSA) is 195 Å². The molecule has 0 amide bonds. The quantitative estimate of drug-likeness (QED) is 0.104. The summed E-state index contributed by atoms with van der Waals surface area (Å²) in [5, 5.41) is 17.5. The van der Waals surface area contributed by atoms with E-state index in [1.165, 1.54) is 56.2 Å². The molecule has 0 aliphatic heterocycles. The van der Waals surface area contributed by atoms with E-state index < -0.39 is 0 Å². The van der Waals surface area contributed by atoms with Gasteiger partial charge in [0.05, 0.1) is 69.2 Å². The first-order chi connectivity index (χ1) is 42.7. The number of rotatable bonds is 7. The second-order valence-electron chi connectivity index (χ2n) is 24.8. The molecule has 0 radical (unpaired) electrons. The Bertz CT molecular complexity index is 4190. The highest BCUT2D eigenvalue weighted by Gasteiger charge is 2.23. The van der Waals surface area contributed by atoms with Crippen molar-refractivity contribution in [3.8, 4) is 0 Å². The van der Waals surface area contributed by atoms with Gasteiger partial charge in [0.25, 0.3) is 5.56 Å². The van der Waals surface area contributed by atoms with Crippen molar-refractivity contribution in [2.75, 3.05) is 0 Å². The standard InChI is InChI=1S/C13H14O.C12H14O.C11H12N2O.4C10H12N2/c1-9(2)11-7-3-5-10-6-4-8-12(14)13(10)11;1-8(2)10-5-3-4-9-6-7-11(13)12(9)10;1-7(2)8-4-3-5-9-10(8)11(14)13-6-12-9;1-7(2)8-4-3-5-10-9(8)6-11-12-10;2*1-7(2)8-4-3-5-9-10(8)12-6-11-9;1-7(2)10-8-5-3-4-6-9(8)11-12-10/h3-7,9H,8H2,1-2H3;3-5,8H,6-7H2,1-2H3;3-7H,1-2H3,(H,12,13,14);4*3-7H,1-2H3,(H,11,12). The zero-order chi connectivity index (χ0) is 63.9. The van der Waals surface area contributed by atoms with E-state index in [0.29, 0.717) is 65.4 Å². The number of imidazole rings is 2. The summed E-state index contributed by atoms with van der Waals surface area (Å²) in [5.41, 5.74) is 20.3. The lowest BCUT2D eigenvalue weighted by atomic mass is 9.87. The van der Waals surface area contributed by atoms with Crippen molar-refractivity contribution in [1.29, 1.82) is 0 Å². The lowest BCUT2D eigenvalue weighted by molar-refractivity contribution is 0.0985. The Morgan fingerprint density at radius 3 is 1.52 bits per heavy atom. The van der Waals surface area contributed by atoms with Gasteiger partial charge in [-0.2, -0.15) is 10.2 Å². The van der Waals surface area contributed by atoms with Gasteiger partial charge in [-0.15, -0.1) is 0 Å². The number of H-pyrrole nitrogens is 5. The summed E-state index contributed by atoms with van der Waals surface area (Å²) in [6.07, 6.45) is 13.0. The molecule has 2 aliphatic carbocycles. The molecule has 460 valence electrons. The molecule has 0 saturated heterocycles. The van der Waals surface area contributed by atoms with E-state index in [2.05, 4.69) is 214 Å². The molecule has 7 aromatic carbocycles. The van der Waals surface area contributed by atoms with Gasteiger partial charge in [-0.1, -0.05) is 212 Å². The highest BCUT2D eigenvalue weighted by Crippen LogP contribution is 2.31. The molecule has 0 bridgehead atoms. The molecule has 12 aromatic rings. The number of carbonyl (C=O) groups excluding carboxylic acids is 2. The first kappa shape index (κ1) is 65.6. The van der Waals surface area contributed by atoms with Crippen LogP contribution in [0.4, 0.5) is 0 Å². The smallest absolute Gasteiger partial charge is 0.258 e. The Morgan fingerprint density at radius 1 is 0.404 bits per heavy atom. The van der Waals surface area contributed by atoms with Crippen LogP contribution in [-0.2, 0) is 6.42 Å². The van der Waals surface area contributed by atoms with Crippen LogP contribution in [0.1, 0.15) is 222 Å². The van der Waals surface area contributed by atoms with Crippen molar-refractivity contribution >= 4 is 72.4 Å². The Morgan fingerprint density at radius 2 is 0.910 bits per heavy atom. The van der Waals surface area contributed by atoms with Crippen LogP contribution in [0.2, 0.25) is 0 Å². The van der Waals surface area contributed by atoms with Crippen LogP contribution in [0.15, 0.2) is 170 Å². The third-order valence-corrected chi connectivity index (χ3v) is 16.1. The maximum atomic E-state index is 11.8. The van der Waals surface area contributed by atoms with E-state index in [4.69, 9.17) is 0 Å². The molecule has 0 saturated carbocycles. The van der Waals surface area contributed by atoms with E-state index in [1.54, 1.807) is 12.7 Å². The minimum Gasteiger partial charge on any atom is -0.345 e. The zero-order valence-corrected chi connectivity index (χ0v) is 54.3. The van der Waals surface area contributed by atoms with Crippen LogP contribution < -0.4 is 5.56 Å². The van der Waals surface area contributed by atoms with Crippen molar-refractivity contribution in [1.82, 2.24) is 50.3 Å². The first-order valence-electron chi connectivity index (χ1n) is 31.4. The number of hydrogen-bond donors (Lipinski definition) is 5. The van der Waals surface area contributed by atoms with Crippen molar-refractivity contribution in [3.63, 3.8) is 0 Å². The van der Waals surface area contributed by atoms with Gasteiger partial charge in [0.1, 0.15) is 0 Å². The molecule has 5 heterocycles.